The Morgan fingerprint density at radius 3 is 2.14 bits per heavy atom. The van der Waals surface area contributed by atoms with E-state index < -0.39 is 32.0 Å². The molecule has 2 heterocycles. The van der Waals surface area contributed by atoms with Gasteiger partial charge in [0.15, 0.2) is 11.4 Å². The van der Waals surface area contributed by atoms with Gasteiger partial charge in [0, 0.05) is 39.0 Å². The molecule has 1 unspecified atom stereocenters. The van der Waals surface area contributed by atoms with Crippen molar-refractivity contribution in [3.05, 3.63) is 47.9 Å². The van der Waals surface area contributed by atoms with Crippen LogP contribution in [0.5, 0.6) is 5.75 Å². The third-order valence-electron chi connectivity index (χ3n) is 8.50. The van der Waals surface area contributed by atoms with Crippen LogP contribution in [0.3, 0.4) is 0 Å². The smallest absolute Gasteiger partial charge is 0.336 e. The van der Waals surface area contributed by atoms with Crippen LogP contribution in [0.4, 0.5) is 5.82 Å². The molecule has 0 aromatic carbocycles. The zero-order valence-electron chi connectivity index (χ0n) is 27.2. The van der Waals surface area contributed by atoms with Crippen LogP contribution in [0.1, 0.15) is 81.7 Å². The van der Waals surface area contributed by atoms with Gasteiger partial charge in [-0.05, 0) is 42.0 Å². The molecule has 0 bridgehead atoms. The van der Waals surface area contributed by atoms with E-state index >= 15 is 0 Å². The molecule has 0 saturated carbocycles. The second-order valence-corrected chi connectivity index (χ2v) is 17.8. The predicted molar refractivity (Wildman–Crippen MR) is 173 cm³/mol. The molecule has 1 atom stereocenters. The van der Waals surface area contributed by atoms with E-state index in [1.54, 1.807) is 0 Å². The largest absolute Gasteiger partial charge is 0.540 e. The van der Waals surface area contributed by atoms with Crippen LogP contribution in [-0.4, -0.2) is 73.1 Å². The number of allylic oxidation sites excluding steroid dienone is 3. The predicted octanol–water partition coefficient (Wildman–Crippen LogP) is 5.53. The van der Waals surface area contributed by atoms with Crippen LogP contribution < -0.4 is 14.6 Å². The lowest BCUT2D eigenvalue weighted by atomic mass is 9.92. The van der Waals surface area contributed by atoms with Crippen LogP contribution in [0.25, 0.3) is 10.9 Å². The van der Waals surface area contributed by atoms with E-state index in [4.69, 9.17) is 4.43 Å². The Morgan fingerprint density at radius 2 is 1.64 bits per heavy atom. The second-order valence-electron chi connectivity index (χ2n) is 12.4. The number of nitrogens with zero attached hydrogens (tertiary/aromatic N) is 4. The van der Waals surface area contributed by atoms with Gasteiger partial charge < -0.3 is 19.7 Å². The van der Waals surface area contributed by atoms with E-state index in [9.17, 15) is 24.3 Å². The van der Waals surface area contributed by atoms with Crippen molar-refractivity contribution in [2.24, 2.45) is 5.92 Å². The molecule has 11 nitrogen and oxygen atoms in total. The van der Waals surface area contributed by atoms with Crippen LogP contribution >= 0.6 is 0 Å². The van der Waals surface area contributed by atoms with Gasteiger partial charge in [-0.2, -0.15) is 0 Å². The first kappa shape index (κ1) is 34.4. The van der Waals surface area contributed by atoms with E-state index in [1.165, 1.54) is 33.4 Å². The summed E-state index contributed by atoms with van der Waals surface area (Å²) in [4.78, 5) is 63.8. The summed E-state index contributed by atoms with van der Waals surface area (Å²) in [7, 11) is 1.42. The molecule has 12 heteroatoms. The Balaban J connectivity index is 2.41. The molecule has 2 aromatic heterocycles. The van der Waals surface area contributed by atoms with E-state index in [0.29, 0.717) is 5.70 Å². The number of aromatic carboxylic acids is 1. The molecule has 238 valence electrons. The Kier molecular flexibility index (Phi) is 10.7. The highest BCUT2D eigenvalue weighted by molar-refractivity contribution is 6.78. The van der Waals surface area contributed by atoms with E-state index in [0.717, 1.165) is 29.1 Å². The number of amides is 3. The third-order valence-corrected chi connectivity index (χ3v) is 14.5. The van der Waals surface area contributed by atoms with Gasteiger partial charge in [-0.3, -0.25) is 24.3 Å². The Hall–Kier alpha value is -4.06. The molecular weight excluding hydrogens is 578 g/mol. The van der Waals surface area contributed by atoms with Crippen molar-refractivity contribution >= 4 is 48.7 Å². The zero-order chi connectivity index (χ0) is 33.1. The highest BCUT2D eigenvalue weighted by Gasteiger charge is 2.48. The Bertz CT molecular complexity index is 1480. The number of fused-ring (bicyclic) bond motifs is 1. The number of carbonyl (C=O) groups is 4. The van der Waals surface area contributed by atoms with Crippen molar-refractivity contribution in [3.8, 4) is 5.75 Å². The minimum atomic E-state index is -2.76. The molecule has 1 aliphatic rings. The maximum atomic E-state index is 14.1. The van der Waals surface area contributed by atoms with Crippen molar-refractivity contribution in [3.63, 3.8) is 0 Å². The van der Waals surface area contributed by atoms with Crippen molar-refractivity contribution < 1.29 is 28.7 Å². The minimum Gasteiger partial charge on any atom is -0.540 e. The first-order valence-corrected chi connectivity index (χ1v) is 17.1. The molecule has 3 amide bonds. The highest BCUT2D eigenvalue weighted by atomic mass is 28.4. The third kappa shape index (κ3) is 6.54. The number of aromatic nitrogens is 2. The fourth-order valence-corrected chi connectivity index (χ4v) is 11.5. The van der Waals surface area contributed by atoms with Crippen molar-refractivity contribution in [1.82, 2.24) is 20.2 Å². The molecule has 0 radical (unpaired) electrons. The van der Waals surface area contributed by atoms with E-state index in [2.05, 4.69) is 75.6 Å². The molecule has 0 fully saturated rings. The molecule has 2 aromatic rings. The molecule has 0 saturated heterocycles. The summed E-state index contributed by atoms with van der Waals surface area (Å²) in [6.07, 6.45) is 7.90. The van der Waals surface area contributed by atoms with Gasteiger partial charge in [0.1, 0.15) is 11.3 Å². The zero-order valence-corrected chi connectivity index (χ0v) is 28.2. The number of carbonyl (C=O) groups excluding carboxylic acids is 3. The number of carboxylic acids is 1. The summed E-state index contributed by atoms with van der Waals surface area (Å²) >= 11 is 0. The minimum absolute atomic E-state index is 0.00984. The second kappa shape index (κ2) is 13.7. The summed E-state index contributed by atoms with van der Waals surface area (Å²) in [6.45, 7) is 16.6. The fourth-order valence-electron chi connectivity index (χ4n) is 6.23. The topological polar surface area (TPSA) is 142 Å². The number of nitrogens with one attached hydrogen (secondary N) is 1. The molecule has 44 heavy (non-hydrogen) atoms. The molecule has 3 rings (SSSR count). The lowest BCUT2D eigenvalue weighted by Gasteiger charge is -2.42. The van der Waals surface area contributed by atoms with Gasteiger partial charge in [0.2, 0.25) is 0 Å². The molecule has 1 aliphatic carbocycles. The van der Waals surface area contributed by atoms with Gasteiger partial charge >= 0.3 is 17.8 Å². The molecular formula is C32H45N5O6Si. The maximum absolute atomic E-state index is 14.1. The van der Waals surface area contributed by atoms with Crippen LogP contribution in [0.15, 0.2) is 36.7 Å². The first-order valence-electron chi connectivity index (χ1n) is 15.0. The van der Waals surface area contributed by atoms with Crippen LogP contribution in [-0.2, 0) is 9.59 Å². The van der Waals surface area contributed by atoms with Crippen LogP contribution in [0, 0.1) is 5.92 Å². The summed E-state index contributed by atoms with van der Waals surface area (Å²) in [5, 5.41) is 13.1. The average molecular weight is 624 g/mol. The van der Waals surface area contributed by atoms with E-state index in [-0.39, 0.29) is 56.3 Å². The van der Waals surface area contributed by atoms with E-state index in [1.807, 2.05) is 0 Å². The van der Waals surface area contributed by atoms with Crippen LogP contribution in [0.2, 0.25) is 16.6 Å². The van der Waals surface area contributed by atoms with Gasteiger partial charge in [0.25, 0.3) is 14.2 Å². The van der Waals surface area contributed by atoms with Crippen molar-refractivity contribution in [1.29, 1.82) is 0 Å². The number of pyridine rings is 2. The standard InChI is InChI=1S/C32H45N5O6Si/c1-18(2)44(19(3)4,20(5)6)43-27-25-24(23(32(41)42)16-17-33-25)28(37(10)31(40)30(39)36(8)9)35-26(27)29(38)34-21(7)22-14-12-11-13-15-22/h11-12,16-20,22H,7,13-15H2,1-6,8-10H3,(H,34,38)(H,41,42). The molecule has 0 aliphatic heterocycles. The lowest BCUT2D eigenvalue weighted by Crippen LogP contribution is -2.51. The van der Waals surface area contributed by atoms with Gasteiger partial charge in [-0.15, -0.1) is 0 Å². The monoisotopic (exact) mass is 623 g/mol. The van der Waals surface area contributed by atoms with Gasteiger partial charge in [-0.1, -0.05) is 60.3 Å². The number of hydrogen-bond donors (Lipinski definition) is 2. The van der Waals surface area contributed by atoms with Gasteiger partial charge in [0.05, 0.1) is 10.9 Å². The lowest BCUT2D eigenvalue weighted by molar-refractivity contribution is -0.142. The number of likely N-dealkylation sites (N-methyl/N-ethyl adjacent to an activating group) is 2. The Morgan fingerprint density at radius 1 is 1.02 bits per heavy atom. The normalized spacial score (nSPS) is 15.0. The quantitative estimate of drug-likeness (QED) is 0.200. The maximum Gasteiger partial charge on any atom is 0.336 e. The number of carboxylic acid groups (broad SMARTS) is 1. The summed E-state index contributed by atoms with van der Waals surface area (Å²) in [5.41, 5.74) is 0.530. The summed E-state index contributed by atoms with van der Waals surface area (Å²) < 4.78 is 7.04. The average Bonchev–Trinajstić information content (AvgIpc) is 2.97. The first-order chi connectivity index (χ1) is 20.6. The summed E-state index contributed by atoms with van der Waals surface area (Å²) in [6, 6.07) is 1.29. The molecule has 0 spiro atoms. The Labute approximate surface area is 260 Å². The van der Waals surface area contributed by atoms with Crippen molar-refractivity contribution in [2.75, 3.05) is 26.0 Å². The number of hydrogen-bond acceptors (Lipinski definition) is 7. The summed E-state index contributed by atoms with van der Waals surface area (Å²) in [5.74, 6) is -3.82. The number of rotatable bonds is 10. The fraction of sp³-hybridized carbons (Fsp3) is 0.500. The highest BCUT2D eigenvalue weighted by Crippen LogP contribution is 2.46. The van der Waals surface area contributed by atoms with Crippen molar-refractivity contribution in [2.45, 2.75) is 77.4 Å². The molecule has 2 N–H and O–H groups in total. The van der Waals surface area contributed by atoms with Gasteiger partial charge in [-0.25, -0.2) is 9.78 Å². The SMILES string of the molecule is C=C(NC(=O)c1nc(N(C)C(=O)C(=O)N(C)C)c2c(C(=O)O)ccnc2c1O[Si](C(C)C)(C(C)C)C(C)C)C1CC=CCC1. The number of anilines is 1.